The van der Waals surface area contributed by atoms with Gasteiger partial charge in [0.25, 0.3) is 0 Å². The van der Waals surface area contributed by atoms with E-state index in [0.717, 1.165) is 45.2 Å². The van der Waals surface area contributed by atoms with E-state index in [1.807, 2.05) is 47.6 Å². The van der Waals surface area contributed by atoms with E-state index in [2.05, 4.69) is 5.32 Å². The monoisotopic (exact) mass is 369 g/mol. The van der Waals surface area contributed by atoms with Crippen LogP contribution in [0.2, 0.25) is 0 Å². The minimum absolute atomic E-state index is 0.0452. The number of furan rings is 1. The fraction of sp³-hybridized carbons (Fsp3) is 0.455. The van der Waals surface area contributed by atoms with Gasteiger partial charge in [0.1, 0.15) is 16.9 Å². The molecule has 27 heavy (non-hydrogen) atoms. The van der Waals surface area contributed by atoms with Crippen molar-refractivity contribution in [3.8, 4) is 0 Å². The highest BCUT2D eigenvalue weighted by molar-refractivity contribution is 6.00. The van der Waals surface area contributed by atoms with Gasteiger partial charge in [-0.25, -0.2) is 4.79 Å². The highest BCUT2D eigenvalue weighted by Crippen LogP contribution is 2.34. The molecular formula is C22H27NO4. The Labute approximate surface area is 158 Å². The lowest BCUT2D eigenvalue weighted by Crippen LogP contribution is -2.32. The van der Waals surface area contributed by atoms with Crippen LogP contribution in [-0.4, -0.2) is 11.9 Å². The number of benzene rings is 1. The third kappa shape index (κ3) is 3.38. The van der Waals surface area contributed by atoms with E-state index < -0.39 is 0 Å². The summed E-state index contributed by atoms with van der Waals surface area (Å²) < 4.78 is 11.5. The molecule has 1 atom stereocenters. The second-order valence-corrected chi connectivity index (χ2v) is 7.41. The molecule has 5 heteroatoms. The number of fused-ring (bicyclic) bond motifs is 2. The molecule has 0 aliphatic carbocycles. The van der Waals surface area contributed by atoms with Crippen LogP contribution in [0.15, 0.2) is 19.7 Å². The molecule has 5 nitrogen and oxygen atoms in total. The van der Waals surface area contributed by atoms with E-state index in [4.69, 9.17) is 8.83 Å². The molecule has 0 saturated carbocycles. The Kier molecular flexibility index (Phi) is 5.13. The van der Waals surface area contributed by atoms with Crippen molar-refractivity contribution in [3.63, 3.8) is 0 Å². The summed E-state index contributed by atoms with van der Waals surface area (Å²) >= 11 is 0. The molecule has 0 unspecified atom stereocenters. The first-order valence-electron chi connectivity index (χ1n) is 9.49. The Hall–Kier alpha value is -2.56. The summed E-state index contributed by atoms with van der Waals surface area (Å²) in [7, 11) is 0. The zero-order valence-corrected chi connectivity index (χ0v) is 16.9. The number of carbonyl (C=O) groups is 1. The second-order valence-electron chi connectivity index (χ2n) is 7.41. The van der Waals surface area contributed by atoms with Gasteiger partial charge in [0.15, 0.2) is 0 Å². The molecular weight excluding hydrogens is 342 g/mol. The van der Waals surface area contributed by atoms with Crippen LogP contribution in [0.4, 0.5) is 0 Å². The van der Waals surface area contributed by atoms with Crippen LogP contribution in [-0.2, 0) is 11.2 Å². The SMILES string of the molecule is CC[C@H](C)NC(=O)CCc1c(C)c2cc3c(C)c(C)oc3c(C)c2oc1=O. The molecule has 0 radical (unpaired) electrons. The average Bonchev–Trinajstić information content (AvgIpc) is 2.91. The first kappa shape index (κ1) is 19.2. The standard InChI is InChI=1S/C22H27NO4/c1-7-11(2)23-19(24)9-8-16-13(4)18-10-17-12(3)15(6)26-20(17)14(5)21(18)27-22(16)25/h10-11H,7-9H2,1-6H3,(H,23,24)/t11-/m0/s1. The van der Waals surface area contributed by atoms with E-state index in [0.29, 0.717) is 17.6 Å². The fourth-order valence-electron chi connectivity index (χ4n) is 3.47. The lowest BCUT2D eigenvalue weighted by molar-refractivity contribution is -0.121. The van der Waals surface area contributed by atoms with Crippen molar-refractivity contribution < 1.29 is 13.6 Å². The van der Waals surface area contributed by atoms with Gasteiger partial charge < -0.3 is 14.2 Å². The Morgan fingerprint density at radius 1 is 1.04 bits per heavy atom. The zero-order valence-electron chi connectivity index (χ0n) is 16.9. The van der Waals surface area contributed by atoms with Gasteiger partial charge in [-0.2, -0.15) is 0 Å². The molecule has 2 aromatic heterocycles. The number of carbonyl (C=O) groups excluding carboxylic acids is 1. The fourth-order valence-corrected chi connectivity index (χ4v) is 3.47. The van der Waals surface area contributed by atoms with Crippen LogP contribution in [0.3, 0.4) is 0 Å². The van der Waals surface area contributed by atoms with Crippen LogP contribution < -0.4 is 10.9 Å². The first-order chi connectivity index (χ1) is 12.7. The van der Waals surface area contributed by atoms with Gasteiger partial charge >= 0.3 is 5.63 Å². The maximum atomic E-state index is 12.6. The smallest absolute Gasteiger partial charge is 0.339 e. The van der Waals surface area contributed by atoms with Crippen molar-refractivity contribution in [2.45, 2.75) is 66.8 Å². The Morgan fingerprint density at radius 3 is 2.33 bits per heavy atom. The molecule has 0 aliphatic rings. The minimum Gasteiger partial charge on any atom is -0.461 e. The van der Waals surface area contributed by atoms with Crippen LogP contribution in [0.5, 0.6) is 0 Å². The van der Waals surface area contributed by atoms with E-state index in [9.17, 15) is 9.59 Å². The van der Waals surface area contributed by atoms with Gasteiger partial charge in [0.2, 0.25) is 5.91 Å². The van der Waals surface area contributed by atoms with Crippen molar-refractivity contribution in [1.82, 2.24) is 5.32 Å². The molecule has 1 amide bonds. The Morgan fingerprint density at radius 2 is 1.67 bits per heavy atom. The number of hydrogen-bond acceptors (Lipinski definition) is 4. The minimum atomic E-state index is -0.376. The van der Waals surface area contributed by atoms with E-state index >= 15 is 0 Å². The summed E-state index contributed by atoms with van der Waals surface area (Å²) in [5.41, 5.74) is 4.32. The van der Waals surface area contributed by atoms with Crippen molar-refractivity contribution >= 4 is 27.8 Å². The molecule has 2 heterocycles. The van der Waals surface area contributed by atoms with Crippen molar-refractivity contribution in [2.24, 2.45) is 0 Å². The Bertz CT molecular complexity index is 1090. The summed E-state index contributed by atoms with van der Waals surface area (Å²) in [5.74, 6) is 0.821. The second kappa shape index (κ2) is 7.22. The van der Waals surface area contributed by atoms with Gasteiger partial charge in [-0.15, -0.1) is 0 Å². The van der Waals surface area contributed by atoms with E-state index in [1.165, 1.54) is 0 Å². The summed E-state index contributed by atoms with van der Waals surface area (Å²) in [4.78, 5) is 24.7. The van der Waals surface area contributed by atoms with E-state index in [-0.39, 0.29) is 24.0 Å². The van der Waals surface area contributed by atoms with Gasteiger partial charge in [-0.1, -0.05) is 6.92 Å². The number of hydrogen-bond donors (Lipinski definition) is 1. The molecule has 0 aliphatic heterocycles. The van der Waals surface area contributed by atoms with Crippen LogP contribution in [0.25, 0.3) is 21.9 Å². The van der Waals surface area contributed by atoms with Crippen LogP contribution in [0.1, 0.15) is 54.7 Å². The molecule has 144 valence electrons. The van der Waals surface area contributed by atoms with Crippen molar-refractivity contribution in [2.75, 3.05) is 0 Å². The Balaban J connectivity index is 2.05. The highest BCUT2D eigenvalue weighted by atomic mass is 16.4. The zero-order chi connectivity index (χ0) is 19.9. The predicted octanol–water partition coefficient (Wildman–Crippen LogP) is 4.62. The lowest BCUT2D eigenvalue weighted by atomic mass is 9.98. The number of amides is 1. The normalized spacial score (nSPS) is 12.7. The van der Waals surface area contributed by atoms with Crippen molar-refractivity contribution in [3.05, 3.63) is 44.5 Å². The third-order valence-electron chi connectivity index (χ3n) is 5.57. The molecule has 3 rings (SSSR count). The number of aryl methyl sites for hydroxylation is 4. The summed E-state index contributed by atoms with van der Waals surface area (Å²) in [6.45, 7) is 11.8. The van der Waals surface area contributed by atoms with Gasteiger partial charge in [-0.05, 0) is 64.7 Å². The molecule has 3 aromatic rings. The van der Waals surface area contributed by atoms with Gasteiger partial charge in [0, 0.05) is 34.4 Å². The average molecular weight is 369 g/mol. The molecule has 1 N–H and O–H groups in total. The van der Waals surface area contributed by atoms with Crippen LogP contribution in [0, 0.1) is 27.7 Å². The molecule has 0 saturated heterocycles. The largest absolute Gasteiger partial charge is 0.461 e. The number of nitrogens with one attached hydrogen (secondary N) is 1. The van der Waals surface area contributed by atoms with Gasteiger partial charge in [0.05, 0.1) is 0 Å². The maximum Gasteiger partial charge on any atom is 0.339 e. The highest BCUT2D eigenvalue weighted by Gasteiger charge is 2.19. The molecule has 0 fully saturated rings. The summed E-state index contributed by atoms with van der Waals surface area (Å²) in [6.07, 6.45) is 1.51. The summed E-state index contributed by atoms with van der Waals surface area (Å²) in [5, 5.41) is 4.88. The lowest BCUT2D eigenvalue weighted by Gasteiger charge is -2.12. The van der Waals surface area contributed by atoms with E-state index in [1.54, 1.807) is 0 Å². The van der Waals surface area contributed by atoms with Gasteiger partial charge in [-0.3, -0.25) is 4.79 Å². The maximum absolute atomic E-state index is 12.6. The number of rotatable bonds is 5. The quantitative estimate of drug-likeness (QED) is 0.666. The topological polar surface area (TPSA) is 72.5 Å². The first-order valence-corrected chi connectivity index (χ1v) is 9.49. The molecule has 0 bridgehead atoms. The van der Waals surface area contributed by atoms with Crippen molar-refractivity contribution in [1.29, 1.82) is 0 Å². The third-order valence-corrected chi connectivity index (χ3v) is 5.57. The molecule has 0 spiro atoms. The molecule has 1 aromatic carbocycles. The summed E-state index contributed by atoms with van der Waals surface area (Å²) in [6, 6.07) is 2.17. The van der Waals surface area contributed by atoms with Crippen LogP contribution >= 0.6 is 0 Å². The predicted molar refractivity (Wildman–Crippen MR) is 107 cm³/mol.